The summed E-state index contributed by atoms with van der Waals surface area (Å²) in [4.78, 5) is 19.2. The second kappa shape index (κ2) is 4.68. The minimum absolute atomic E-state index is 0.191. The van der Waals surface area contributed by atoms with Crippen LogP contribution in [-0.4, -0.2) is 19.7 Å². The summed E-state index contributed by atoms with van der Waals surface area (Å²) < 4.78 is 1.76. The van der Waals surface area contributed by atoms with Gasteiger partial charge in [-0.1, -0.05) is 0 Å². The van der Waals surface area contributed by atoms with E-state index in [0.717, 1.165) is 10.7 Å². The van der Waals surface area contributed by atoms with Crippen LogP contribution < -0.4 is 11.3 Å². The lowest BCUT2D eigenvalue weighted by molar-refractivity contribution is 0.691. The molecule has 0 aliphatic rings. The number of fused-ring (bicyclic) bond motifs is 1. The van der Waals surface area contributed by atoms with E-state index >= 15 is 0 Å². The predicted molar refractivity (Wildman–Crippen MR) is 78.8 cm³/mol. The highest BCUT2D eigenvalue weighted by Gasteiger charge is 2.09. The number of nitrogens with one attached hydrogen (secondary N) is 1. The minimum atomic E-state index is -0.191. The van der Waals surface area contributed by atoms with Crippen molar-refractivity contribution in [2.45, 2.75) is 17.1 Å². The first kappa shape index (κ1) is 12.7. The molecule has 3 N–H and O–H groups in total. The van der Waals surface area contributed by atoms with Crippen LogP contribution in [0.2, 0.25) is 0 Å². The first-order valence-electron chi connectivity index (χ1n) is 6.01. The molecule has 0 unspecified atom stereocenters. The molecule has 0 atom stereocenters. The van der Waals surface area contributed by atoms with Gasteiger partial charge < -0.3 is 10.7 Å². The van der Waals surface area contributed by atoms with Crippen LogP contribution in [0.4, 0.5) is 5.69 Å². The first-order valence-corrected chi connectivity index (χ1v) is 6.82. The van der Waals surface area contributed by atoms with Crippen LogP contribution in [-0.2, 0) is 7.05 Å². The number of aromatic amines is 1. The summed E-state index contributed by atoms with van der Waals surface area (Å²) in [7, 11) is 1.86. The molecule has 20 heavy (non-hydrogen) atoms. The molecule has 0 saturated heterocycles. The molecule has 6 nitrogen and oxygen atoms in total. The zero-order valence-corrected chi connectivity index (χ0v) is 11.9. The Morgan fingerprint density at radius 1 is 1.35 bits per heavy atom. The SMILES string of the molecule is Cc1cc(Sc2nc3ccc(N)cc3c(=O)[nH]2)n(C)n1. The smallest absolute Gasteiger partial charge is 0.259 e. The van der Waals surface area contributed by atoms with Gasteiger partial charge in [0.25, 0.3) is 5.56 Å². The topological polar surface area (TPSA) is 89.6 Å². The Morgan fingerprint density at radius 2 is 2.15 bits per heavy atom. The van der Waals surface area contributed by atoms with E-state index in [-0.39, 0.29) is 5.56 Å². The highest BCUT2D eigenvalue weighted by molar-refractivity contribution is 7.99. The fraction of sp³-hybridized carbons (Fsp3) is 0.154. The number of nitrogen functional groups attached to an aromatic ring is 1. The minimum Gasteiger partial charge on any atom is -0.399 e. The molecular formula is C13H13N5OS. The maximum atomic E-state index is 12.0. The number of benzene rings is 1. The molecule has 102 valence electrons. The molecule has 0 bridgehead atoms. The zero-order chi connectivity index (χ0) is 14.3. The summed E-state index contributed by atoms with van der Waals surface area (Å²) in [5.41, 5.74) is 7.59. The Hall–Kier alpha value is -2.28. The molecule has 2 heterocycles. The Kier molecular flexibility index (Phi) is 2.98. The Bertz CT molecular complexity index is 852. The average Bonchev–Trinajstić information content (AvgIpc) is 2.69. The normalized spacial score (nSPS) is 11.1. The molecule has 0 aliphatic carbocycles. The monoisotopic (exact) mass is 287 g/mol. The third-order valence-corrected chi connectivity index (χ3v) is 3.85. The number of rotatable bonds is 2. The van der Waals surface area contributed by atoms with Crippen LogP contribution in [0.5, 0.6) is 0 Å². The van der Waals surface area contributed by atoms with Crippen LogP contribution in [0.1, 0.15) is 5.69 Å². The molecule has 0 fully saturated rings. The van der Waals surface area contributed by atoms with Crippen LogP contribution in [0, 0.1) is 6.92 Å². The van der Waals surface area contributed by atoms with E-state index in [9.17, 15) is 4.79 Å². The van der Waals surface area contributed by atoms with Gasteiger partial charge in [-0.25, -0.2) is 4.98 Å². The van der Waals surface area contributed by atoms with Crippen LogP contribution >= 0.6 is 11.8 Å². The summed E-state index contributed by atoms with van der Waals surface area (Å²) >= 11 is 1.37. The molecule has 3 aromatic rings. The quantitative estimate of drug-likeness (QED) is 0.553. The number of anilines is 1. The lowest BCUT2D eigenvalue weighted by Gasteiger charge is -2.03. The van der Waals surface area contributed by atoms with Crippen molar-refractivity contribution < 1.29 is 0 Å². The van der Waals surface area contributed by atoms with Gasteiger partial charge >= 0.3 is 0 Å². The van der Waals surface area contributed by atoms with Crippen LogP contribution in [0.15, 0.2) is 39.2 Å². The number of hydrogen-bond donors (Lipinski definition) is 2. The highest BCUT2D eigenvalue weighted by atomic mass is 32.2. The molecular weight excluding hydrogens is 274 g/mol. The summed E-state index contributed by atoms with van der Waals surface area (Å²) in [6.07, 6.45) is 0. The van der Waals surface area contributed by atoms with E-state index in [2.05, 4.69) is 15.1 Å². The lowest BCUT2D eigenvalue weighted by Crippen LogP contribution is -2.09. The van der Waals surface area contributed by atoms with Crippen molar-refractivity contribution in [1.82, 2.24) is 19.7 Å². The number of aromatic nitrogens is 4. The van der Waals surface area contributed by atoms with Crippen molar-refractivity contribution in [1.29, 1.82) is 0 Å². The van der Waals surface area contributed by atoms with Crippen LogP contribution in [0.3, 0.4) is 0 Å². The van der Waals surface area contributed by atoms with Gasteiger partial charge in [0.15, 0.2) is 5.16 Å². The molecule has 0 spiro atoms. The first-order chi connectivity index (χ1) is 9.52. The molecule has 1 aromatic carbocycles. The van der Waals surface area contributed by atoms with Gasteiger partial charge in [0.2, 0.25) is 0 Å². The Balaban J connectivity index is 2.07. The second-order valence-corrected chi connectivity index (χ2v) is 5.51. The fourth-order valence-electron chi connectivity index (χ4n) is 1.96. The maximum absolute atomic E-state index is 12.0. The van der Waals surface area contributed by atoms with E-state index < -0.39 is 0 Å². The molecule has 0 saturated carbocycles. The van der Waals surface area contributed by atoms with Gasteiger partial charge in [0, 0.05) is 12.7 Å². The van der Waals surface area contributed by atoms with Crippen molar-refractivity contribution in [2.75, 3.05) is 5.73 Å². The molecule has 0 aliphatic heterocycles. The predicted octanol–water partition coefficient (Wildman–Crippen LogP) is 1.70. The Labute approximate surface area is 119 Å². The van der Waals surface area contributed by atoms with Crippen molar-refractivity contribution in [3.05, 3.63) is 40.3 Å². The summed E-state index contributed by atoms with van der Waals surface area (Å²) in [5, 5.41) is 6.21. The Morgan fingerprint density at radius 3 is 2.85 bits per heavy atom. The number of H-pyrrole nitrogens is 1. The number of nitrogens with zero attached hydrogens (tertiary/aromatic N) is 3. The molecule has 2 aromatic heterocycles. The van der Waals surface area contributed by atoms with Gasteiger partial charge in [0.1, 0.15) is 5.03 Å². The van der Waals surface area contributed by atoms with Crippen molar-refractivity contribution in [2.24, 2.45) is 7.05 Å². The lowest BCUT2D eigenvalue weighted by atomic mass is 10.2. The molecule has 0 radical (unpaired) electrons. The third-order valence-electron chi connectivity index (χ3n) is 2.87. The fourth-order valence-corrected chi connectivity index (χ4v) is 2.85. The van der Waals surface area contributed by atoms with Crippen molar-refractivity contribution in [3.63, 3.8) is 0 Å². The van der Waals surface area contributed by atoms with E-state index in [4.69, 9.17) is 5.73 Å². The van der Waals surface area contributed by atoms with Crippen LogP contribution in [0.25, 0.3) is 10.9 Å². The molecule has 0 amide bonds. The zero-order valence-electron chi connectivity index (χ0n) is 11.0. The largest absolute Gasteiger partial charge is 0.399 e. The van der Waals surface area contributed by atoms with E-state index in [1.54, 1.807) is 22.9 Å². The van der Waals surface area contributed by atoms with Gasteiger partial charge in [-0.2, -0.15) is 5.10 Å². The summed E-state index contributed by atoms with van der Waals surface area (Å²) in [5.74, 6) is 0. The number of aryl methyl sites for hydroxylation is 2. The second-order valence-electron chi connectivity index (χ2n) is 4.50. The number of hydrogen-bond acceptors (Lipinski definition) is 5. The van der Waals surface area contributed by atoms with E-state index in [0.29, 0.717) is 21.7 Å². The number of nitrogens with two attached hydrogens (primary N) is 1. The van der Waals surface area contributed by atoms with Crippen molar-refractivity contribution in [3.8, 4) is 0 Å². The van der Waals surface area contributed by atoms with Gasteiger partial charge in [0.05, 0.1) is 16.6 Å². The van der Waals surface area contributed by atoms with Gasteiger partial charge in [-0.15, -0.1) is 0 Å². The maximum Gasteiger partial charge on any atom is 0.259 e. The van der Waals surface area contributed by atoms with E-state index in [1.165, 1.54) is 11.8 Å². The summed E-state index contributed by atoms with van der Waals surface area (Å²) in [6.45, 7) is 1.92. The summed E-state index contributed by atoms with van der Waals surface area (Å²) in [6, 6.07) is 7.05. The molecule has 7 heteroatoms. The average molecular weight is 287 g/mol. The third kappa shape index (κ3) is 2.27. The highest BCUT2D eigenvalue weighted by Crippen LogP contribution is 2.25. The van der Waals surface area contributed by atoms with Gasteiger partial charge in [-0.3, -0.25) is 9.48 Å². The molecule has 3 rings (SSSR count). The standard InChI is InChI=1S/C13H13N5OS/c1-7-5-11(18(2)17-7)20-13-15-10-4-3-8(14)6-9(10)12(19)16-13/h3-6H,14H2,1-2H3,(H,15,16,19). The van der Waals surface area contributed by atoms with Gasteiger partial charge in [-0.05, 0) is 43.0 Å². The van der Waals surface area contributed by atoms with Crippen molar-refractivity contribution >= 4 is 28.4 Å². The van der Waals surface area contributed by atoms with E-state index in [1.807, 2.05) is 20.0 Å².